The predicted molar refractivity (Wildman–Crippen MR) is 85.0 cm³/mol. The fourth-order valence-electron chi connectivity index (χ4n) is 1.49. The Morgan fingerprint density at radius 2 is 2.05 bits per heavy atom. The molecule has 0 radical (unpaired) electrons. The smallest absolute Gasteiger partial charge is 0.335 e. The van der Waals surface area contributed by atoms with E-state index in [0.29, 0.717) is 21.5 Å². The lowest BCUT2D eigenvalue weighted by molar-refractivity contribution is 0.0696. The van der Waals surface area contributed by atoms with Crippen molar-refractivity contribution < 1.29 is 14.6 Å². The Bertz CT molecular complexity index is 725. The van der Waals surface area contributed by atoms with Crippen LogP contribution >= 0.6 is 38.5 Å². The molecule has 6 heteroatoms. The number of aromatic carboxylic acids is 1. The molecule has 0 bridgehead atoms. The van der Waals surface area contributed by atoms with E-state index in [1.807, 2.05) is 6.07 Å². The average Bonchev–Trinajstić information content (AvgIpc) is 2.41. The summed E-state index contributed by atoms with van der Waals surface area (Å²) >= 11 is 5.35. The van der Waals surface area contributed by atoms with Crippen LogP contribution in [-0.4, -0.2) is 11.1 Å². The summed E-state index contributed by atoms with van der Waals surface area (Å²) in [7, 11) is 0. The number of ether oxygens (including phenoxy) is 1. The monoisotopic (exact) mass is 443 g/mol. The Morgan fingerprint density at radius 1 is 1.30 bits per heavy atom. The second-order valence-corrected chi connectivity index (χ2v) is 5.82. The van der Waals surface area contributed by atoms with Crippen LogP contribution in [0.5, 0.6) is 11.5 Å². The lowest BCUT2D eigenvalue weighted by atomic mass is 10.2. The van der Waals surface area contributed by atoms with E-state index in [9.17, 15) is 4.79 Å². The minimum Gasteiger partial charge on any atom is -0.478 e. The van der Waals surface area contributed by atoms with Crippen molar-refractivity contribution in [1.29, 1.82) is 5.26 Å². The van der Waals surface area contributed by atoms with Crippen LogP contribution in [0.4, 0.5) is 0 Å². The van der Waals surface area contributed by atoms with Crippen molar-refractivity contribution in [2.45, 2.75) is 0 Å². The molecule has 0 atom stereocenters. The molecule has 0 aliphatic heterocycles. The zero-order valence-electron chi connectivity index (χ0n) is 9.93. The van der Waals surface area contributed by atoms with E-state index in [0.717, 1.165) is 3.57 Å². The van der Waals surface area contributed by atoms with Gasteiger partial charge in [-0.2, -0.15) is 5.26 Å². The van der Waals surface area contributed by atoms with Crippen molar-refractivity contribution in [2.24, 2.45) is 0 Å². The van der Waals surface area contributed by atoms with Crippen LogP contribution in [0.2, 0.25) is 0 Å². The summed E-state index contributed by atoms with van der Waals surface area (Å²) in [6.07, 6.45) is 0. The molecule has 20 heavy (non-hydrogen) atoms. The zero-order chi connectivity index (χ0) is 14.7. The Morgan fingerprint density at radius 3 is 2.65 bits per heavy atom. The molecule has 0 amide bonds. The number of hydrogen-bond donors (Lipinski definition) is 1. The summed E-state index contributed by atoms with van der Waals surface area (Å²) in [4.78, 5) is 11.0. The molecule has 100 valence electrons. The highest BCUT2D eigenvalue weighted by atomic mass is 127. The molecule has 2 aromatic carbocycles. The molecular formula is C14H7BrINO3. The summed E-state index contributed by atoms with van der Waals surface area (Å²) in [6, 6.07) is 11.7. The van der Waals surface area contributed by atoms with Gasteiger partial charge >= 0.3 is 5.97 Å². The second-order valence-electron chi connectivity index (χ2n) is 3.81. The van der Waals surface area contributed by atoms with Gasteiger partial charge in [-0.3, -0.25) is 0 Å². The van der Waals surface area contributed by atoms with Gasteiger partial charge in [-0.15, -0.1) is 0 Å². The standard InChI is InChI=1S/C14H7BrINO3/c15-11-6-10(3-1-9(11)7-17)20-13-5-8(14(18)19)2-4-12(13)16/h1-6H,(H,18,19). The molecule has 0 unspecified atom stereocenters. The maximum atomic E-state index is 11.0. The minimum atomic E-state index is -1.01. The van der Waals surface area contributed by atoms with Crippen LogP contribution in [0.15, 0.2) is 40.9 Å². The van der Waals surface area contributed by atoms with E-state index < -0.39 is 5.97 Å². The van der Waals surface area contributed by atoms with E-state index in [1.54, 1.807) is 24.3 Å². The van der Waals surface area contributed by atoms with Crippen LogP contribution in [0, 0.1) is 14.9 Å². The SMILES string of the molecule is N#Cc1ccc(Oc2cc(C(=O)O)ccc2I)cc1Br. The third kappa shape index (κ3) is 3.29. The number of nitrogens with zero attached hydrogens (tertiary/aromatic N) is 1. The maximum absolute atomic E-state index is 11.0. The van der Waals surface area contributed by atoms with Gasteiger partial charge in [-0.1, -0.05) is 0 Å². The quantitative estimate of drug-likeness (QED) is 0.713. The number of benzene rings is 2. The van der Waals surface area contributed by atoms with E-state index in [1.165, 1.54) is 12.1 Å². The second kappa shape index (κ2) is 6.24. The van der Waals surface area contributed by atoms with Crippen molar-refractivity contribution in [1.82, 2.24) is 0 Å². The first-order valence-electron chi connectivity index (χ1n) is 5.41. The number of rotatable bonds is 3. The number of hydrogen-bond acceptors (Lipinski definition) is 3. The molecule has 2 aromatic rings. The molecule has 0 fully saturated rings. The van der Waals surface area contributed by atoms with Gasteiger partial charge in [0.05, 0.1) is 14.7 Å². The minimum absolute atomic E-state index is 0.160. The van der Waals surface area contributed by atoms with Crippen molar-refractivity contribution in [2.75, 3.05) is 0 Å². The Kier molecular flexibility index (Phi) is 4.62. The Hall–Kier alpha value is -1.59. The molecule has 0 spiro atoms. The number of carbonyl (C=O) groups is 1. The molecule has 0 saturated heterocycles. The van der Waals surface area contributed by atoms with E-state index in [-0.39, 0.29) is 5.56 Å². The molecule has 1 N–H and O–H groups in total. The van der Waals surface area contributed by atoms with Crippen molar-refractivity contribution in [3.63, 3.8) is 0 Å². The number of carboxylic acid groups (broad SMARTS) is 1. The number of nitriles is 1. The first kappa shape index (κ1) is 14.8. The highest BCUT2D eigenvalue weighted by Crippen LogP contribution is 2.30. The fraction of sp³-hybridized carbons (Fsp3) is 0. The van der Waals surface area contributed by atoms with Gasteiger partial charge in [0.2, 0.25) is 0 Å². The maximum Gasteiger partial charge on any atom is 0.335 e. The van der Waals surface area contributed by atoms with Crippen LogP contribution in [0.3, 0.4) is 0 Å². The van der Waals surface area contributed by atoms with Crippen LogP contribution in [0.25, 0.3) is 0 Å². The highest BCUT2D eigenvalue weighted by molar-refractivity contribution is 14.1. The van der Waals surface area contributed by atoms with Crippen molar-refractivity contribution >= 4 is 44.5 Å². The van der Waals surface area contributed by atoms with Gasteiger partial charge in [-0.05, 0) is 74.9 Å². The van der Waals surface area contributed by atoms with Gasteiger partial charge in [0.1, 0.15) is 17.6 Å². The lowest BCUT2D eigenvalue weighted by Gasteiger charge is -2.09. The molecule has 0 aromatic heterocycles. The summed E-state index contributed by atoms with van der Waals surface area (Å²) < 4.78 is 7.10. The Labute approximate surface area is 137 Å². The highest BCUT2D eigenvalue weighted by Gasteiger charge is 2.10. The predicted octanol–water partition coefficient (Wildman–Crippen LogP) is 4.42. The van der Waals surface area contributed by atoms with Gasteiger partial charge in [-0.25, -0.2) is 4.79 Å². The first-order valence-corrected chi connectivity index (χ1v) is 7.29. The van der Waals surface area contributed by atoms with E-state index in [4.69, 9.17) is 15.1 Å². The Balaban J connectivity index is 2.35. The summed E-state index contributed by atoms with van der Waals surface area (Å²) in [5.74, 6) is -0.0225. The van der Waals surface area contributed by atoms with E-state index >= 15 is 0 Å². The van der Waals surface area contributed by atoms with Gasteiger partial charge in [0, 0.05) is 4.47 Å². The fourth-order valence-corrected chi connectivity index (χ4v) is 2.38. The van der Waals surface area contributed by atoms with Crippen molar-refractivity contribution in [3.05, 3.63) is 55.6 Å². The first-order chi connectivity index (χ1) is 9.51. The van der Waals surface area contributed by atoms with Gasteiger partial charge in [0.25, 0.3) is 0 Å². The summed E-state index contributed by atoms with van der Waals surface area (Å²) in [5.41, 5.74) is 0.666. The molecule has 0 aliphatic rings. The number of carboxylic acids is 1. The third-order valence-electron chi connectivity index (χ3n) is 2.47. The zero-order valence-corrected chi connectivity index (χ0v) is 13.7. The molecule has 0 saturated carbocycles. The largest absolute Gasteiger partial charge is 0.478 e. The van der Waals surface area contributed by atoms with Crippen LogP contribution in [0.1, 0.15) is 15.9 Å². The van der Waals surface area contributed by atoms with Crippen molar-refractivity contribution in [3.8, 4) is 17.6 Å². The topological polar surface area (TPSA) is 70.3 Å². The van der Waals surface area contributed by atoms with Crippen LogP contribution in [-0.2, 0) is 0 Å². The lowest BCUT2D eigenvalue weighted by Crippen LogP contribution is -1.97. The number of halogens is 2. The normalized spacial score (nSPS) is 9.85. The van der Waals surface area contributed by atoms with E-state index in [2.05, 4.69) is 38.5 Å². The van der Waals surface area contributed by atoms with Crippen LogP contribution < -0.4 is 4.74 Å². The van der Waals surface area contributed by atoms with Gasteiger partial charge < -0.3 is 9.84 Å². The van der Waals surface area contributed by atoms with Gasteiger partial charge in [0.15, 0.2) is 0 Å². The molecular weight excluding hydrogens is 437 g/mol. The molecule has 4 nitrogen and oxygen atoms in total. The molecule has 2 rings (SSSR count). The summed E-state index contributed by atoms with van der Waals surface area (Å²) in [5, 5.41) is 17.8. The molecule has 0 heterocycles. The molecule has 0 aliphatic carbocycles. The third-order valence-corrected chi connectivity index (χ3v) is 4.01. The summed E-state index contributed by atoms with van der Waals surface area (Å²) in [6.45, 7) is 0. The average molecular weight is 444 g/mol.